The quantitative estimate of drug-likeness (QED) is 0.548. The summed E-state index contributed by atoms with van der Waals surface area (Å²) in [6.45, 7) is 0. The van der Waals surface area contributed by atoms with Crippen LogP contribution in [0.3, 0.4) is 0 Å². The Morgan fingerprint density at radius 1 is 1.00 bits per heavy atom. The Morgan fingerprint density at radius 3 is 1.73 bits per heavy atom. The number of halogens is 4. The SMILES string of the molecule is F.F.F.Fc1ccccc1[S]. The Bertz CT molecular complexity index is 171. The van der Waals surface area contributed by atoms with Crippen molar-refractivity contribution in [1.29, 1.82) is 0 Å². The first kappa shape index (κ1) is 16.6. The molecule has 0 aliphatic heterocycles. The summed E-state index contributed by atoms with van der Waals surface area (Å²) < 4.78 is 12.2. The lowest BCUT2D eigenvalue weighted by molar-refractivity contribution is 0.602. The van der Waals surface area contributed by atoms with Crippen LogP contribution in [0, 0.1) is 5.82 Å². The van der Waals surface area contributed by atoms with Crippen molar-refractivity contribution in [2.24, 2.45) is 0 Å². The van der Waals surface area contributed by atoms with Crippen molar-refractivity contribution in [1.82, 2.24) is 0 Å². The minimum absolute atomic E-state index is 0. The highest BCUT2D eigenvalue weighted by Gasteiger charge is 1.91. The fourth-order valence-corrected chi connectivity index (χ4v) is 0.591. The third-order valence-electron chi connectivity index (χ3n) is 0.837. The Balaban J connectivity index is -0.000000213. The molecule has 1 rings (SSSR count). The van der Waals surface area contributed by atoms with E-state index in [1.165, 1.54) is 6.07 Å². The highest BCUT2D eigenvalue weighted by molar-refractivity contribution is 7.80. The summed E-state index contributed by atoms with van der Waals surface area (Å²) in [7, 11) is 0. The molecule has 0 fully saturated rings. The second kappa shape index (κ2) is 7.27. The summed E-state index contributed by atoms with van der Waals surface area (Å²) >= 11 is 4.58. The molecular weight excluding hydrogens is 180 g/mol. The molecule has 1 radical (unpaired) electrons. The number of benzene rings is 1. The van der Waals surface area contributed by atoms with Gasteiger partial charge in [-0.05, 0) is 12.1 Å². The maximum Gasteiger partial charge on any atom is 0.141 e. The summed E-state index contributed by atoms with van der Waals surface area (Å²) in [5.74, 6) is -0.317. The van der Waals surface area contributed by atoms with Crippen LogP contribution in [0.15, 0.2) is 29.2 Å². The van der Waals surface area contributed by atoms with Crippen molar-refractivity contribution >= 4 is 12.6 Å². The van der Waals surface area contributed by atoms with E-state index >= 15 is 0 Å². The smallest absolute Gasteiger partial charge is 0.141 e. The average Bonchev–Trinajstić information content (AvgIpc) is 1.77. The van der Waals surface area contributed by atoms with Crippen LogP contribution < -0.4 is 0 Å². The molecule has 0 aliphatic carbocycles. The predicted octanol–water partition coefficient (Wildman–Crippen LogP) is 2.84. The fourth-order valence-electron chi connectivity index (χ4n) is 0.445. The summed E-state index contributed by atoms with van der Waals surface area (Å²) in [6, 6.07) is 6.24. The zero-order valence-electron chi connectivity index (χ0n) is 5.32. The van der Waals surface area contributed by atoms with Crippen LogP contribution in [0.4, 0.5) is 18.5 Å². The molecule has 65 valence electrons. The van der Waals surface area contributed by atoms with Crippen molar-refractivity contribution in [2.75, 3.05) is 0 Å². The molecule has 0 spiro atoms. The van der Waals surface area contributed by atoms with E-state index in [1.807, 2.05) is 0 Å². The average molecular weight is 187 g/mol. The standard InChI is InChI=1S/C6H4FS.3FH/c7-5-3-1-2-4-6(5)8;;;/h1-4H;3*1H. The molecule has 0 unspecified atom stereocenters. The Labute approximate surface area is 66.9 Å². The van der Waals surface area contributed by atoms with Crippen LogP contribution in [0.1, 0.15) is 0 Å². The van der Waals surface area contributed by atoms with Gasteiger partial charge in [0.2, 0.25) is 0 Å². The molecule has 0 atom stereocenters. The number of hydrogen-bond acceptors (Lipinski definition) is 0. The summed E-state index contributed by atoms with van der Waals surface area (Å²) in [5.41, 5.74) is 0. The van der Waals surface area contributed by atoms with Gasteiger partial charge in [-0.25, -0.2) is 4.39 Å². The van der Waals surface area contributed by atoms with E-state index in [-0.39, 0.29) is 24.8 Å². The minimum atomic E-state index is -0.317. The van der Waals surface area contributed by atoms with E-state index < -0.39 is 0 Å². The van der Waals surface area contributed by atoms with E-state index in [1.54, 1.807) is 18.2 Å². The summed E-state index contributed by atoms with van der Waals surface area (Å²) in [6.07, 6.45) is 0. The van der Waals surface area contributed by atoms with E-state index in [2.05, 4.69) is 12.6 Å². The zero-order chi connectivity index (χ0) is 5.98. The second-order valence-electron chi connectivity index (χ2n) is 1.43. The van der Waals surface area contributed by atoms with Gasteiger partial charge >= 0.3 is 0 Å². The van der Waals surface area contributed by atoms with Gasteiger partial charge in [-0.15, -0.1) is 0 Å². The fraction of sp³-hybridized carbons (Fsp3) is 0. The van der Waals surface area contributed by atoms with Gasteiger partial charge < -0.3 is 0 Å². The van der Waals surface area contributed by atoms with Gasteiger partial charge in [0.15, 0.2) is 0 Å². The molecule has 0 heterocycles. The van der Waals surface area contributed by atoms with Crippen molar-refractivity contribution in [3.63, 3.8) is 0 Å². The molecule has 0 saturated heterocycles. The Morgan fingerprint density at radius 2 is 1.45 bits per heavy atom. The normalized spacial score (nSPS) is 6.64. The third-order valence-corrected chi connectivity index (χ3v) is 1.17. The lowest BCUT2D eigenvalue weighted by Crippen LogP contribution is -1.71. The molecule has 0 aromatic heterocycles. The lowest BCUT2D eigenvalue weighted by Gasteiger charge is -1.86. The molecule has 0 bridgehead atoms. The highest BCUT2D eigenvalue weighted by Crippen LogP contribution is 2.08. The lowest BCUT2D eigenvalue weighted by atomic mass is 10.4. The minimum Gasteiger partial charge on any atom is -0.269 e. The van der Waals surface area contributed by atoms with Gasteiger partial charge in [0, 0.05) is 0 Å². The van der Waals surface area contributed by atoms with E-state index in [0.29, 0.717) is 0 Å². The highest BCUT2D eigenvalue weighted by atomic mass is 32.1. The van der Waals surface area contributed by atoms with Gasteiger partial charge in [0.1, 0.15) is 5.82 Å². The molecule has 0 amide bonds. The zero-order valence-corrected chi connectivity index (χ0v) is 6.14. The number of hydrogen-bond donors (Lipinski definition) is 0. The van der Waals surface area contributed by atoms with E-state index in [4.69, 9.17) is 0 Å². The third kappa shape index (κ3) is 4.55. The van der Waals surface area contributed by atoms with Crippen molar-refractivity contribution in [3.05, 3.63) is 30.1 Å². The van der Waals surface area contributed by atoms with E-state index in [9.17, 15) is 4.39 Å². The van der Waals surface area contributed by atoms with Crippen molar-refractivity contribution in [2.45, 2.75) is 4.90 Å². The maximum atomic E-state index is 12.2. The van der Waals surface area contributed by atoms with Crippen LogP contribution in [0.5, 0.6) is 0 Å². The van der Waals surface area contributed by atoms with Crippen molar-refractivity contribution in [3.8, 4) is 0 Å². The first-order valence-electron chi connectivity index (χ1n) is 2.22. The topological polar surface area (TPSA) is 0 Å². The first-order valence-corrected chi connectivity index (χ1v) is 2.63. The molecule has 1 aromatic carbocycles. The van der Waals surface area contributed by atoms with Crippen LogP contribution in [0.25, 0.3) is 0 Å². The van der Waals surface area contributed by atoms with Gasteiger partial charge in [-0.3, -0.25) is 14.1 Å². The van der Waals surface area contributed by atoms with Gasteiger partial charge in [0.05, 0.1) is 4.90 Å². The van der Waals surface area contributed by atoms with E-state index in [0.717, 1.165) is 0 Å². The Kier molecular flexibility index (Phi) is 11.0. The molecule has 0 nitrogen and oxygen atoms in total. The first-order chi connectivity index (χ1) is 3.80. The van der Waals surface area contributed by atoms with Crippen molar-refractivity contribution < 1.29 is 18.5 Å². The molecular formula is C6H7F4S. The van der Waals surface area contributed by atoms with Crippen LogP contribution in [0.2, 0.25) is 0 Å². The predicted molar refractivity (Wildman–Crippen MR) is 39.8 cm³/mol. The summed E-state index contributed by atoms with van der Waals surface area (Å²) in [4.78, 5) is 0.285. The van der Waals surface area contributed by atoms with Crippen LogP contribution >= 0.6 is 12.6 Å². The van der Waals surface area contributed by atoms with Gasteiger partial charge in [-0.2, -0.15) is 0 Å². The van der Waals surface area contributed by atoms with Gasteiger partial charge in [0.25, 0.3) is 0 Å². The molecule has 1 aromatic rings. The molecule has 0 N–H and O–H groups in total. The molecule has 0 aliphatic rings. The molecule has 0 saturated carbocycles. The van der Waals surface area contributed by atoms with Gasteiger partial charge in [-0.1, -0.05) is 24.8 Å². The monoisotopic (exact) mass is 187 g/mol. The molecule has 11 heavy (non-hydrogen) atoms. The van der Waals surface area contributed by atoms with Crippen LogP contribution in [-0.4, -0.2) is 0 Å². The molecule has 5 heteroatoms. The second-order valence-corrected chi connectivity index (χ2v) is 1.87. The van der Waals surface area contributed by atoms with Crippen LogP contribution in [-0.2, 0) is 0 Å². The Hall–Kier alpha value is -0.840. The maximum absolute atomic E-state index is 12.2. The number of rotatable bonds is 0. The largest absolute Gasteiger partial charge is 0.269 e. The summed E-state index contributed by atoms with van der Waals surface area (Å²) in [5, 5.41) is 0.